The molecule has 31 heavy (non-hydrogen) atoms. The summed E-state index contributed by atoms with van der Waals surface area (Å²) in [6.07, 6.45) is 0.519. The second-order valence-electron chi connectivity index (χ2n) is 9.26. The summed E-state index contributed by atoms with van der Waals surface area (Å²) < 4.78 is 35.3. The third kappa shape index (κ3) is 10.1. The first kappa shape index (κ1) is 26.8. The van der Waals surface area contributed by atoms with Crippen LogP contribution in [0.25, 0.3) is 0 Å². The predicted molar refractivity (Wildman–Crippen MR) is 117 cm³/mol. The van der Waals surface area contributed by atoms with Crippen molar-refractivity contribution in [3.63, 3.8) is 0 Å². The first-order valence-electron chi connectivity index (χ1n) is 10.2. The van der Waals surface area contributed by atoms with Crippen molar-refractivity contribution in [2.75, 3.05) is 13.2 Å². The predicted octanol–water partition coefficient (Wildman–Crippen LogP) is 4.07. The van der Waals surface area contributed by atoms with Crippen molar-refractivity contribution in [1.29, 1.82) is 0 Å². The minimum Gasteiger partial charge on any atom is -0.444 e. The van der Waals surface area contributed by atoms with E-state index in [1.54, 1.807) is 32.9 Å². The number of benzene rings is 1. The number of carbonyl (C=O) groups excluding carboxylic acids is 1. The molecule has 0 aliphatic carbocycles. The van der Waals surface area contributed by atoms with Crippen molar-refractivity contribution in [2.45, 2.75) is 76.8 Å². The highest BCUT2D eigenvalue weighted by atomic mass is 32.2. The third-order valence-corrected chi connectivity index (χ3v) is 5.80. The van der Waals surface area contributed by atoms with Gasteiger partial charge in [-0.25, -0.2) is 4.79 Å². The van der Waals surface area contributed by atoms with Gasteiger partial charge in [0.25, 0.3) is 10.1 Å². The maximum absolute atomic E-state index is 12.5. The molecule has 9 nitrogen and oxygen atoms in total. The van der Waals surface area contributed by atoms with Gasteiger partial charge in [-0.3, -0.25) is 14.3 Å². The lowest BCUT2D eigenvalue weighted by Gasteiger charge is -2.23. The van der Waals surface area contributed by atoms with E-state index in [4.69, 9.17) is 8.92 Å². The van der Waals surface area contributed by atoms with Crippen molar-refractivity contribution in [1.82, 2.24) is 5.32 Å². The van der Waals surface area contributed by atoms with E-state index < -0.39 is 27.4 Å². The molecule has 0 aliphatic heterocycles. The lowest BCUT2D eigenvalue weighted by atomic mass is 9.88. The van der Waals surface area contributed by atoms with Gasteiger partial charge in [-0.15, -0.1) is 0 Å². The maximum atomic E-state index is 12.5. The average molecular weight is 459 g/mol. The molecule has 0 saturated heterocycles. The lowest BCUT2D eigenvalue weighted by molar-refractivity contribution is -0.563. The summed E-state index contributed by atoms with van der Waals surface area (Å²) in [5.41, 5.74) is -0.928. The van der Waals surface area contributed by atoms with E-state index in [0.717, 1.165) is 5.56 Å². The van der Waals surface area contributed by atoms with Gasteiger partial charge in [-0.2, -0.15) is 8.42 Å². The van der Waals surface area contributed by atoms with Gasteiger partial charge in [0, 0.05) is 31.7 Å². The van der Waals surface area contributed by atoms with Gasteiger partial charge in [0.1, 0.15) is 5.60 Å². The molecule has 0 fully saturated rings. The van der Waals surface area contributed by atoms with Crippen LogP contribution in [0.2, 0.25) is 0 Å². The quantitative estimate of drug-likeness (QED) is 0.229. The summed E-state index contributed by atoms with van der Waals surface area (Å²) in [6.45, 7) is 10.2. The minimum atomic E-state index is -3.97. The van der Waals surface area contributed by atoms with Gasteiger partial charge >= 0.3 is 6.09 Å². The third-order valence-electron chi connectivity index (χ3n) is 4.51. The molecule has 0 bridgehead atoms. The largest absolute Gasteiger partial charge is 0.444 e. The van der Waals surface area contributed by atoms with Crippen molar-refractivity contribution < 1.29 is 27.1 Å². The topological polar surface area (TPSA) is 125 Å². The molecule has 1 atom stereocenters. The minimum absolute atomic E-state index is 0.0389. The summed E-state index contributed by atoms with van der Waals surface area (Å²) in [5.74, 6) is -0.388. The molecule has 0 radical (unpaired) electrons. The summed E-state index contributed by atoms with van der Waals surface area (Å²) in [7, 11) is -3.97. The van der Waals surface area contributed by atoms with Crippen molar-refractivity contribution in [3.8, 4) is 0 Å². The first-order valence-corrected chi connectivity index (χ1v) is 11.6. The lowest BCUT2D eigenvalue weighted by Crippen LogP contribution is -2.35. The van der Waals surface area contributed by atoms with Crippen molar-refractivity contribution in [2.24, 2.45) is 5.92 Å². The Kier molecular flexibility index (Phi) is 9.44. The molecule has 0 aromatic heterocycles. The highest BCUT2D eigenvalue weighted by molar-refractivity contribution is 7.86. The highest BCUT2D eigenvalue weighted by Crippen LogP contribution is 2.25. The van der Waals surface area contributed by atoms with Gasteiger partial charge in [0.15, 0.2) is 0 Å². The molecule has 1 N–H and O–H groups in total. The van der Waals surface area contributed by atoms with Gasteiger partial charge in [-0.05, 0) is 58.6 Å². The van der Waals surface area contributed by atoms with Crippen molar-refractivity contribution in [3.05, 3.63) is 39.9 Å². The molecular formula is C21H34N2O7S. The van der Waals surface area contributed by atoms with Crippen LogP contribution in [0.1, 0.15) is 59.4 Å². The number of hydrogen-bond acceptors (Lipinski definition) is 7. The summed E-state index contributed by atoms with van der Waals surface area (Å²) in [6, 6.07) is 6.27. The Balaban J connectivity index is 2.72. The second-order valence-corrected chi connectivity index (χ2v) is 10.9. The molecule has 10 heteroatoms. The number of alkyl carbamates (subject to hydrolysis) is 1. The van der Waals surface area contributed by atoms with Crippen LogP contribution in [0.4, 0.5) is 4.79 Å². The van der Waals surface area contributed by atoms with Crippen LogP contribution >= 0.6 is 0 Å². The Bertz CT molecular complexity index is 843. The molecule has 176 valence electrons. The van der Waals surface area contributed by atoms with Crippen LogP contribution in [0.3, 0.4) is 0 Å². The van der Waals surface area contributed by atoms with E-state index in [1.807, 2.05) is 6.92 Å². The Morgan fingerprint density at radius 1 is 1.16 bits per heavy atom. The van der Waals surface area contributed by atoms with Crippen LogP contribution < -0.4 is 5.32 Å². The Hall–Kier alpha value is -2.20. The fourth-order valence-electron chi connectivity index (χ4n) is 2.88. The number of nitrogens with one attached hydrogen (secondary N) is 1. The number of nitro groups is 1. The van der Waals surface area contributed by atoms with Gasteiger partial charge in [-0.1, -0.05) is 17.7 Å². The maximum Gasteiger partial charge on any atom is 0.407 e. The van der Waals surface area contributed by atoms with E-state index in [2.05, 4.69) is 5.32 Å². The van der Waals surface area contributed by atoms with E-state index >= 15 is 0 Å². The molecule has 0 saturated carbocycles. The molecule has 0 aliphatic rings. The van der Waals surface area contributed by atoms with Gasteiger partial charge in [0.05, 0.1) is 11.5 Å². The highest BCUT2D eigenvalue weighted by Gasteiger charge is 2.34. The number of ether oxygens (including phenoxy) is 1. The first-order chi connectivity index (χ1) is 14.1. The smallest absolute Gasteiger partial charge is 0.407 e. The molecule has 0 spiro atoms. The summed E-state index contributed by atoms with van der Waals surface area (Å²) >= 11 is 0. The van der Waals surface area contributed by atoms with Crippen LogP contribution in [-0.2, 0) is 19.0 Å². The van der Waals surface area contributed by atoms with E-state index in [1.165, 1.54) is 26.0 Å². The number of amides is 1. The zero-order valence-corrected chi connectivity index (χ0v) is 20.0. The number of rotatable bonds is 11. The van der Waals surface area contributed by atoms with Crippen LogP contribution in [0.5, 0.6) is 0 Å². The number of nitrogens with zero attached hydrogens (tertiary/aromatic N) is 1. The summed E-state index contributed by atoms with van der Waals surface area (Å²) in [5, 5.41) is 14.0. The van der Waals surface area contributed by atoms with Crippen LogP contribution in [0, 0.1) is 23.0 Å². The molecule has 1 amide bonds. The average Bonchev–Trinajstić information content (AvgIpc) is 2.61. The Morgan fingerprint density at radius 2 is 1.74 bits per heavy atom. The Morgan fingerprint density at radius 3 is 2.26 bits per heavy atom. The second kappa shape index (κ2) is 10.9. The van der Waals surface area contributed by atoms with E-state index in [0.29, 0.717) is 19.4 Å². The van der Waals surface area contributed by atoms with Crippen LogP contribution in [-0.4, -0.2) is 43.7 Å². The number of aryl methyl sites for hydroxylation is 1. The molecule has 1 unspecified atom stereocenters. The number of carbonyl (C=O) groups is 1. The SMILES string of the molecule is Cc1ccc(S(=O)(=O)OCC(CCCNC(=O)OC(C)(C)C)CC(C)(C)[N+](=O)[O-])cc1. The fraction of sp³-hybridized carbons (Fsp3) is 0.667. The van der Waals surface area contributed by atoms with E-state index in [9.17, 15) is 23.3 Å². The Labute approximate surface area is 184 Å². The molecule has 1 rings (SSSR count). The van der Waals surface area contributed by atoms with Gasteiger partial charge in [0.2, 0.25) is 5.54 Å². The van der Waals surface area contributed by atoms with Crippen molar-refractivity contribution >= 4 is 16.2 Å². The standard InChI is InChI=1S/C21H34N2O7S/c1-16-9-11-18(12-10-16)31(27,28)29-15-17(14-21(5,6)23(25)26)8-7-13-22-19(24)30-20(2,3)4/h9-12,17H,7-8,13-15H2,1-6H3,(H,22,24). The zero-order valence-electron chi connectivity index (χ0n) is 19.1. The molecule has 1 aromatic rings. The molecule has 0 heterocycles. The van der Waals surface area contributed by atoms with Gasteiger partial charge < -0.3 is 10.1 Å². The number of hydrogen-bond donors (Lipinski definition) is 1. The molecule has 1 aromatic carbocycles. The zero-order chi connectivity index (χ0) is 23.9. The molecular weight excluding hydrogens is 424 g/mol. The monoisotopic (exact) mass is 458 g/mol. The fourth-order valence-corrected chi connectivity index (χ4v) is 3.86. The summed E-state index contributed by atoms with van der Waals surface area (Å²) in [4.78, 5) is 22.7. The van der Waals surface area contributed by atoms with Crippen LogP contribution in [0.15, 0.2) is 29.2 Å². The normalized spacial score (nSPS) is 13.5. The van der Waals surface area contributed by atoms with E-state index in [-0.39, 0.29) is 28.8 Å².